The first-order valence-electron chi connectivity index (χ1n) is 12.7. The van der Waals surface area contributed by atoms with Crippen LogP contribution in [0.15, 0.2) is 97.1 Å². The number of allylic oxidation sites excluding steroid dienone is 1. The minimum atomic E-state index is 0.307. The number of fused-ring (bicyclic) bond motifs is 15. The minimum absolute atomic E-state index is 0.307. The maximum atomic E-state index is 2.54. The lowest BCUT2D eigenvalue weighted by Crippen LogP contribution is -2.11. The Bertz CT molecular complexity index is 1800. The summed E-state index contributed by atoms with van der Waals surface area (Å²) in [6, 6.07) is 36.9. The van der Waals surface area contributed by atoms with Gasteiger partial charge in [-0.15, -0.1) is 0 Å². The third-order valence-electron chi connectivity index (χ3n) is 8.74. The van der Waals surface area contributed by atoms with E-state index in [1.54, 1.807) is 0 Å². The van der Waals surface area contributed by atoms with Gasteiger partial charge in [0.15, 0.2) is 0 Å². The maximum Gasteiger partial charge on any atom is 0.0358 e. The fourth-order valence-electron chi connectivity index (χ4n) is 7.29. The molecule has 0 aromatic heterocycles. The molecular formula is C35H22. The second kappa shape index (κ2) is 6.29. The van der Waals surface area contributed by atoms with Gasteiger partial charge >= 0.3 is 0 Å². The van der Waals surface area contributed by atoms with Crippen LogP contribution in [0.1, 0.15) is 50.4 Å². The minimum Gasteiger partial charge on any atom is -0.0619 e. The Morgan fingerprint density at radius 1 is 0.457 bits per heavy atom. The van der Waals surface area contributed by atoms with Crippen molar-refractivity contribution in [2.24, 2.45) is 0 Å². The third kappa shape index (κ3) is 2.23. The van der Waals surface area contributed by atoms with Crippen LogP contribution in [0.2, 0.25) is 0 Å². The van der Waals surface area contributed by atoms with Crippen molar-refractivity contribution in [1.29, 1.82) is 0 Å². The first kappa shape index (κ1) is 18.2. The molecule has 0 saturated heterocycles. The Labute approximate surface area is 205 Å². The van der Waals surface area contributed by atoms with Crippen LogP contribution >= 0.6 is 0 Å². The maximum absolute atomic E-state index is 2.54. The highest BCUT2D eigenvalue weighted by Crippen LogP contribution is 2.59. The van der Waals surface area contributed by atoms with Gasteiger partial charge in [0.1, 0.15) is 0 Å². The Balaban J connectivity index is 1.41. The van der Waals surface area contributed by atoms with E-state index in [0.717, 1.165) is 12.8 Å². The van der Waals surface area contributed by atoms with Gasteiger partial charge in [0.2, 0.25) is 0 Å². The van der Waals surface area contributed by atoms with Crippen LogP contribution in [0.4, 0.5) is 0 Å². The zero-order valence-electron chi connectivity index (χ0n) is 19.3. The van der Waals surface area contributed by atoms with Crippen LogP contribution in [0.5, 0.6) is 0 Å². The van der Waals surface area contributed by atoms with E-state index in [4.69, 9.17) is 0 Å². The Kier molecular flexibility index (Phi) is 3.27. The second-order valence-corrected chi connectivity index (χ2v) is 10.4. The molecule has 5 aromatic rings. The number of benzene rings is 5. The smallest absolute Gasteiger partial charge is 0.0358 e. The van der Waals surface area contributed by atoms with Crippen molar-refractivity contribution < 1.29 is 0 Å². The van der Waals surface area contributed by atoms with Crippen molar-refractivity contribution >= 4 is 11.6 Å². The van der Waals surface area contributed by atoms with Crippen molar-refractivity contribution in [3.8, 4) is 33.4 Å². The average molecular weight is 443 g/mol. The van der Waals surface area contributed by atoms with Crippen molar-refractivity contribution in [1.82, 2.24) is 0 Å². The molecule has 5 aromatic carbocycles. The lowest BCUT2D eigenvalue weighted by atomic mass is 9.71. The van der Waals surface area contributed by atoms with Crippen LogP contribution < -0.4 is 0 Å². The zero-order valence-corrected chi connectivity index (χ0v) is 19.3. The third-order valence-corrected chi connectivity index (χ3v) is 8.74. The normalized spacial score (nSPS) is 16.8. The SMILES string of the molecule is C1=C2c3ccc4c(c3-c3cc5c(cc3C2c2ccccc21)-c1ccccc1C5)-c1ccccc1C4. The van der Waals surface area contributed by atoms with Crippen LogP contribution in [0.25, 0.3) is 45.0 Å². The summed E-state index contributed by atoms with van der Waals surface area (Å²) in [7, 11) is 0. The summed E-state index contributed by atoms with van der Waals surface area (Å²) in [4.78, 5) is 0. The highest BCUT2D eigenvalue weighted by Gasteiger charge is 2.38. The van der Waals surface area contributed by atoms with Crippen molar-refractivity contribution in [3.05, 3.63) is 142 Å². The zero-order chi connectivity index (χ0) is 22.7. The van der Waals surface area contributed by atoms with Crippen molar-refractivity contribution in [2.45, 2.75) is 18.8 Å². The molecule has 4 aliphatic carbocycles. The van der Waals surface area contributed by atoms with Gasteiger partial charge in [0, 0.05) is 5.92 Å². The van der Waals surface area contributed by atoms with Crippen LogP contribution in [0, 0.1) is 0 Å². The van der Waals surface area contributed by atoms with E-state index in [0.29, 0.717) is 5.92 Å². The molecule has 0 N–H and O–H groups in total. The summed E-state index contributed by atoms with van der Waals surface area (Å²) in [6.07, 6.45) is 4.52. The number of hydrogen-bond acceptors (Lipinski definition) is 0. The lowest BCUT2D eigenvalue weighted by molar-refractivity contribution is 1.05. The Morgan fingerprint density at radius 2 is 1.20 bits per heavy atom. The molecule has 1 atom stereocenters. The average Bonchev–Trinajstić information content (AvgIpc) is 3.58. The fraction of sp³-hybridized carbons (Fsp3) is 0.0857. The molecule has 4 aliphatic rings. The molecule has 9 rings (SSSR count). The number of rotatable bonds is 0. The molecule has 35 heavy (non-hydrogen) atoms. The highest BCUT2D eigenvalue weighted by atomic mass is 14.4. The summed E-state index contributed by atoms with van der Waals surface area (Å²) < 4.78 is 0. The van der Waals surface area contributed by atoms with Gasteiger partial charge in [-0.3, -0.25) is 0 Å². The predicted molar refractivity (Wildman–Crippen MR) is 145 cm³/mol. The van der Waals surface area contributed by atoms with Crippen molar-refractivity contribution in [3.63, 3.8) is 0 Å². The molecule has 0 heteroatoms. The molecule has 162 valence electrons. The molecular weight excluding hydrogens is 420 g/mol. The van der Waals surface area contributed by atoms with E-state index in [1.165, 1.54) is 83.5 Å². The molecule has 0 bridgehead atoms. The summed E-state index contributed by atoms with van der Waals surface area (Å²) in [5, 5.41) is 0. The fourth-order valence-corrected chi connectivity index (χ4v) is 7.29. The molecule has 0 amide bonds. The molecule has 0 heterocycles. The van der Waals surface area contributed by atoms with E-state index >= 15 is 0 Å². The monoisotopic (exact) mass is 442 g/mol. The Hall–Kier alpha value is -4.16. The van der Waals surface area contributed by atoms with Gasteiger partial charge in [-0.1, -0.05) is 84.9 Å². The van der Waals surface area contributed by atoms with Crippen molar-refractivity contribution in [2.75, 3.05) is 0 Å². The number of hydrogen-bond donors (Lipinski definition) is 0. The molecule has 1 unspecified atom stereocenters. The van der Waals surface area contributed by atoms with Gasteiger partial charge < -0.3 is 0 Å². The quantitative estimate of drug-likeness (QED) is 0.221. The lowest BCUT2D eigenvalue weighted by Gasteiger charge is -2.31. The molecule has 0 fully saturated rings. The van der Waals surface area contributed by atoms with Gasteiger partial charge in [-0.05, 0) is 115 Å². The molecule has 0 saturated carbocycles. The van der Waals surface area contributed by atoms with Crippen LogP contribution in [-0.2, 0) is 12.8 Å². The standard InChI is InChI=1S/C35H22/c1-4-10-25-20(7-1)16-24-18-31-32(19-29(24)25)34-27-12-6-3-9-22(27)17-30(34)28-14-13-23-15-21-8-2-5-11-26(21)33(23)35(28)31/h1-14,17-19,34H,15-16H2. The van der Waals surface area contributed by atoms with E-state index in [-0.39, 0.29) is 0 Å². The second-order valence-electron chi connectivity index (χ2n) is 10.4. The topological polar surface area (TPSA) is 0 Å². The largest absolute Gasteiger partial charge is 0.0619 e. The van der Waals surface area contributed by atoms with Gasteiger partial charge in [0.05, 0.1) is 0 Å². The van der Waals surface area contributed by atoms with Crippen LogP contribution in [0.3, 0.4) is 0 Å². The summed E-state index contributed by atoms with van der Waals surface area (Å²) >= 11 is 0. The van der Waals surface area contributed by atoms with E-state index in [2.05, 4.69) is 103 Å². The summed E-state index contributed by atoms with van der Waals surface area (Å²) in [6.45, 7) is 0. The Morgan fingerprint density at radius 3 is 2.11 bits per heavy atom. The molecule has 0 spiro atoms. The first-order chi connectivity index (χ1) is 17.3. The molecule has 0 radical (unpaired) electrons. The summed E-state index contributed by atoms with van der Waals surface area (Å²) in [5.74, 6) is 0.307. The van der Waals surface area contributed by atoms with E-state index < -0.39 is 0 Å². The van der Waals surface area contributed by atoms with Gasteiger partial charge in [-0.2, -0.15) is 0 Å². The molecule has 0 aliphatic heterocycles. The predicted octanol–water partition coefficient (Wildman–Crippen LogP) is 8.50. The van der Waals surface area contributed by atoms with E-state index in [9.17, 15) is 0 Å². The highest BCUT2D eigenvalue weighted by molar-refractivity contribution is 6.08. The summed E-state index contributed by atoms with van der Waals surface area (Å²) in [5.41, 5.74) is 21.6. The van der Waals surface area contributed by atoms with Crippen LogP contribution in [-0.4, -0.2) is 0 Å². The van der Waals surface area contributed by atoms with E-state index in [1.807, 2.05) is 0 Å². The molecule has 0 nitrogen and oxygen atoms in total. The van der Waals surface area contributed by atoms with Gasteiger partial charge in [-0.25, -0.2) is 0 Å². The van der Waals surface area contributed by atoms with Gasteiger partial charge in [0.25, 0.3) is 0 Å². The first-order valence-corrected chi connectivity index (χ1v) is 12.7.